The van der Waals surface area contributed by atoms with Crippen LogP contribution >= 0.6 is 11.3 Å². The summed E-state index contributed by atoms with van der Waals surface area (Å²) in [6.07, 6.45) is 5.84. The van der Waals surface area contributed by atoms with E-state index >= 15 is 0 Å². The van der Waals surface area contributed by atoms with Crippen LogP contribution in [0.3, 0.4) is 0 Å². The molecule has 2 aliphatic rings. The molecule has 36 heavy (non-hydrogen) atoms. The van der Waals surface area contributed by atoms with Gasteiger partial charge in [0.1, 0.15) is 17.8 Å². The predicted molar refractivity (Wildman–Crippen MR) is 138 cm³/mol. The summed E-state index contributed by atoms with van der Waals surface area (Å²) in [4.78, 5) is 31.2. The average Bonchev–Trinajstić information content (AvgIpc) is 3.42. The summed E-state index contributed by atoms with van der Waals surface area (Å²) in [6, 6.07) is 8.02. The maximum absolute atomic E-state index is 13.0. The van der Waals surface area contributed by atoms with Crippen molar-refractivity contribution in [1.29, 1.82) is 0 Å². The number of aromatic nitrogens is 4. The fraction of sp³-hybridized carbons (Fsp3) is 0.333. The summed E-state index contributed by atoms with van der Waals surface area (Å²) >= 11 is 1.59. The molecule has 6 rings (SSSR count). The number of hydrogen-bond acceptors (Lipinski definition) is 9. The fourth-order valence-corrected chi connectivity index (χ4v) is 5.82. The zero-order valence-corrected chi connectivity index (χ0v) is 21.1. The van der Waals surface area contributed by atoms with Crippen molar-refractivity contribution in [3.8, 4) is 0 Å². The van der Waals surface area contributed by atoms with Crippen molar-refractivity contribution in [2.75, 3.05) is 24.7 Å². The molecule has 10 nitrogen and oxygen atoms in total. The van der Waals surface area contributed by atoms with Crippen LogP contribution < -0.4 is 5.32 Å². The first-order valence-corrected chi connectivity index (χ1v) is 14.3. The standard InChI is InChI=1S/C24H24N6O4S2/c1-36(32,33)34-21(15-2-3-15)24(31)30-8-6-14(7-9-30)19-11-17-22(25-12-26-23(17)29-19)28-16-4-5-18-20(10-16)35-13-27-18/h4-6,10-13,15,21H,2-3,7-9H2,1H3,(H2,25,26,28,29). The summed E-state index contributed by atoms with van der Waals surface area (Å²) in [5, 5.41) is 4.25. The number of carbonyl (C=O) groups excluding carboxylic acids is 1. The van der Waals surface area contributed by atoms with E-state index in [1.165, 1.54) is 6.33 Å². The van der Waals surface area contributed by atoms with Crippen molar-refractivity contribution in [2.24, 2.45) is 5.92 Å². The van der Waals surface area contributed by atoms with Gasteiger partial charge in [0.15, 0.2) is 6.10 Å². The Labute approximate surface area is 211 Å². The number of hydrogen-bond donors (Lipinski definition) is 2. The maximum Gasteiger partial charge on any atom is 0.265 e. The highest BCUT2D eigenvalue weighted by Gasteiger charge is 2.41. The summed E-state index contributed by atoms with van der Waals surface area (Å²) in [7, 11) is -3.70. The number of aromatic amines is 1. The number of amides is 1. The van der Waals surface area contributed by atoms with Gasteiger partial charge in [-0.1, -0.05) is 6.08 Å². The SMILES string of the molecule is CS(=O)(=O)OC(C(=O)N1CC=C(c2cc3c(Nc4ccc5ncsc5c4)ncnc3[nH]2)CC1)C1CC1. The number of nitrogens with one attached hydrogen (secondary N) is 2. The van der Waals surface area contributed by atoms with E-state index in [4.69, 9.17) is 4.18 Å². The third-order valence-corrected chi connectivity index (χ3v) is 7.81. The first-order valence-electron chi connectivity index (χ1n) is 11.6. The predicted octanol–water partition coefficient (Wildman–Crippen LogP) is 3.68. The number of nitrogens with zero attached hydrogens (tertiary/aromatic N) is 4. The molecule has 0 saturated heterocycles. The second-order valence-electron chi connectivity index (χ2n) is 9.15. The number of anilines is 2. The van der Waals surface area contributed by atoms with E-state index in [1.807, 2.05) is 35.9 Å². The second-order valence-corrected chi connectivity index (χ2v) is 11.6. The van der Waals surface area contributed by atoms with Gasteiger partial charge < -0.3 is 15.2 Å². The van der Waals surface area contributed by atoms with E-state index in [0.717, 1.165) is 57.3 Å². The monoisotopic (exact) mass is 524 g/mol. The second kappa shape index (κ2) is 8.95. The Morgan fingerprint density at radius 1 is 1.25 bits per heavy atom. The van der Waals surface area contributed by atoms with Gasteiger partial charge in [0.25, 0.3) is 16.0 Å². The van der Waals surface area contributed by atoms with E-state index in [0.29, 0.717) is 25.3 Å². The molecule has 1 atom stereocenters. The summed E-state index contributed by atoms with van der Waals surface area (Å²) < 4.78 is 29.5. The molecule has 0 spiro atoms. The van der Waals surface area contributed by atoms with Gasteiger partial charge in [-0.05, 0) is 55.0 Å². The molecule has 1 aliphatic heterocycles. The van der Waals surface area contributed by atoms with Crippen LogP contribution in [-0.2, 0) is 19.1 Å². The van der Waals surface area contributed by atoms with Gasteiger partial charge in [0.05, 0.1) is 27.4 Å². The molecule has 0 bridgehead atoms. The lowest BCUT2D eigenvalue weighted by molar-refractivity contribution is -0.139. The maximum atomic E-state index is 13.0. The molecular weight excluding hydrogens is 500 g/mol. The van der Waals surface area contributed by atoms with Gasteiger partial charge >= 0.3 is 0 Å². The Morgan fingerprint density at radius 2 is 2.11 bits per heavy atom. The van der Waals surface area contributed by atoms with Crippen molar-refractivity contribution in [1.82, 2.24) is 24.8 Å². The third-order valence-electron chi connectivity index (χ3n) is 6.46. The molecular formula is C24H24N6O4S2. The van der Waals surface area contributed by atoms with E-state index in [1.54, 1.807) is 16.2 Å². The van der Waals surface area contributed by atoms with Crippen LogP contribution in [0.15, 0.2) is 42.2 Å². The third kappa shape index (κ3) is 4.71. The van der Waals surface area contributed by atoms with Gasteiger partial charge in [-0.15, -0.1) is 11.3 Å². The minimum atomic E-state index is -3.70. The molecule has 1 fully saturated rings. The number of H-pyrrole nitrogens is 1. The molecule has 1 unspecified atom stereocenters. The van der Waals surface area contributed by atoms with Crippen LogP contribution in [0.2, 0.25) is 0 Å². The minimum absolute atomic E-state index is 0.0207. The molecule has 186 valence electrons. The van der Waals surface area contributed by atoms with E-state index in [2.05, 4.69) is 25.3 Å². The first kappa shape index (κ1) is 23.1. The van der Waals surface area contributed by atoms with Crippen molar-refractivity contribution >= 4 is 65.7 Å². The van der Waals surface area contributed by atoms with Gasteiger partial charge in [-0.25, -0.2) is 15.0 Å². The highest BCUT2D eigenvalue weighted by molar-refractivity contribution is 7.86. The summed E-state index contributed by atoms with van der Waals surface area (Å²) in [6.45, 7) is 0.882. The molecule has 3 aromatic heterocycles. The highest BCUT2D eigenvalue weighted by atomic mass is 32.2. The molecule has 4 heterocycles. The number of carbonyl (C=O) groups is 1. The van der Waals surface area contributed by atoms with Crippen LogP contribution in [0, 0.1) is 5.92 Å². The topological polar surface area (TPSA) is 130 Å². The molecule has 1 aromatic carbocycles. The Kier molecular flexibility index (Phi) is 5.73. The van der Waals surface area contributed by atoms with Gasteiger partial charge in [-0.2, -0.15) is 8.42 Å². The van der Waals surface area contributed by atoms with Crippen LogP contribution in [0.1, 0.15) is 25.0 Å². The molecule has 1 saturated carbocycles. The summed E-state index contributed by atoms with van der Waals surface area (Å²) in [5.41, 5.74) is 6.42. The molecule has 4 aromatic rings. The zero-order valence-electron chi connectivity index (χ0n) is 19.5. The Morgan fingerprint density at radius 3 is 2.86 bits per heavy atom. The van der Waals surface area contributed by atoms with E-state index in [9.17, 15) is 13.2 Å². The van der Waals surface area contributed by atoms with Crippen molar-refractivity contribution < 1.29 is 17.4 Å². The van der Waals surface area contributed by atoms with E-state index in [-0.39, 0.29) is 11.8 Å². The number of rotatable bonds is 7. The van der Waals surface area contributed by atoms with Crippen LogP contribution in [0.25, 0.3) is 26.8 Å². The van der Waals surface area contributed by atoms with Crippen LogP contribution in [0.5, 0.6) is 0 Å². The van der Waals surface area contributed by atoms with E-state index < -0.39 is 16.2 Å². The molecule has 1 amide bonds. The lowest BCUT2D eigenvalue weighted by Crippen LogP contribution is -2.44. The first-order chi connectivity index (χ1) is 17.3. The van der Waals surface area contributed by atoms with Crippen molar-refractivity contribution in [3.05, 3.63) is 47.9 Å². The highest BCUT2D eigenvalue weighted by Crippen LogP contribution is 2.37. The van der Waals surface area contributed by atoms with Crippen LogP contribution in [0.4, 0.5) is 11.5 Å². The van der Waals surface area contributed by atoms with Gasteiger partial charge in [0, 0.05) is 24.5 Å². The number of fused-ring (bicyclic) bond motifs is 2. The number of thiazole rings is 1. The Bertz CT molecular complexity index is 1610. The van der Waals surface area contributed by atoms with Crippen molar-refractivity contribution in [3.63, 3.8) is 0 Å². The Balaban J connectivity index is 1.20. The van der Waals surface area contributed by atoms with Crippen LogP contribution in [-0.4, -0.2) is 64.6 Å². The average molecular weight is 525 g/mol. The lowest BCUT2D eigenvalue weighted by Gasteiger charge is -2.29. The molecule has 12 heteroatoms. The quantitative estimate of drug-likeness (QED) is 0.350. The largest absolute Gasteiger partial charge is 0.340 e. The summed E-state index contributed by atoms with van der Waals surface area (Å²) in [5.74, 6) is 0.419. The van der Waals surface area contributed by atoms with Gasteiger partial charge in [-0.3, -0.25) is 8.98 Å². The minimum Gasteiger partial charge on any atom is -0.340 e. The molecule has 2 N–H and O–H groups in total. The normalized spacial score (nSPS) is 17.4. The van der Waals surface area contributed by atoms with Crippen molar-refractivity contribution in [2.45, 2.75) is 25.4 Å². The number of benzene rings is 1. The lowest BCUT2D eigenvalue weighted by atomic mass is 10.0. The molecule has 0 radical (unpaired) electrons. The molecule has 1 aliphatic carbocycles. The zero-order chi connectivity index (χ0) is 24.9. The smallest absolute Gasteiger partial charge is 0.265 e. The van der Waals surface area contributed by atoms with Gasteiger partial charge in [0.2, 0.25) is 0 Å². The Hall–Kier alpha value is -3.35. The fourth-order valence-electron chi connectivity index (χ4n) is 4.48.